The van der Waals surface area contributed by atoms with Gasteiger partial charge in [-0.3, -0.25) is 0 Å². The van der Waals surface area contributed by atoms with Crippen LogP contribution >= 0.6 is 0 Å². The number of hydrogen-bond acceptors (Lipinski definition) is 1. The second-order valence-electron chi connectivity index (χ2n) is 5.55. The lowest BCUT2D eigenvalue weighted by Crippen LogP contribution is -2.20. The summed E-state index contributed by atoms with van der Waals surface area (Å²) in [6.45, 7) is 2.49. The maximum absolute atomic E-state index is 9.62. The van der Waals surface area contributed by atoms with Crippen molar-refractivity contribution in [3.63, 3.8) is 0 Å². The molecule has 0 amide bonds. The van der Waals surface area contributed by atoms with E-state index in [-0.39, 0.29) is 12.5 Å². The molecule has 0 saturated heterocycles. The molecule has 1 N–H and O–H groups in total. The number of hydrogen-bond donors (Lipinski definition) is 1. The Morgan fingerprint density at radius 2 is 2.16 bits per heavy atom. The Labute approximate surface area is 115 Å². The predicted molar refractivity (Wildman–Crippen MR) is 77.5 cm³/mol. The minimum Gasteiger partial charge on any atom is -0.479 e. The molecule has 1 aromatic carbocycles. The summed E-state index contributed by atoms with van der Waals surface area (Å²) in [4.78, 5) is 0. The second kappa shape index (κ2) is 6.09. The highest BCUT2D eigenvalue weighted by atomic mass is 16.5. The molecule has 0 aliphatic heterocycles. The van der Waals surface area contributed by atoms with Crippen LogP contribution in [0.5, 0.6) is 5.75 Å². The third-order valence-electron chi connectivity index (χ3n) is 3.97. The van der Waals surface area contributed by atoms with Crippen LogP contribution in [0, 0.1) is 5.92 Å². The van der Waals surface area contributed by atoms with Crippen LogP contribution in [0.2, 0.25) is 0 Å². The van der Waals surface area contributed by atoms with Crippen molar-refractivity contribution in [3.8, 4) is 5.75 Å². The molecule has 1 aliphatic carbocycles. The molecule has 0 heterocycles. The van der Waals surface area contributed by atoms with Crippen LogP contribution in [0.15, 0.2) is 18.2 Å². The Morgan fingerprint density at radius 1 is 1.37 bits per heavy atom. The van der Waals surface area contributed by atoms with Crippen molar-refractivity contribution in [2.75, 3.05) is 20.7 Å². The van der Waals surface area contributed by atoms with Gasteiger partial charge in [0.05, 0.1) is 0 Å². The second-order valence-corrected chi connectivity index (χ2v) is 5.55. The number of nitrogens with zero attached hydrogens (tertiary/aromatic N) is 1. The number of aliphatic hydroxyl groups excluding tert-OH is 1. The third kappa shape index (κ3) is 3.49. The normalized spacial score (nSPS) is 17.7. The summed E-state index contributed by atoms with van der Waals surface area (Å²) in [5, 5.41) is 9.62. The zero-order chi connectivity index (χ0) is 13.8. The third-order valence-corrected chi connectivity index (χ3v) is 3.97. The summed E-state index contributed by atoms with van der Waals surface area (Å²) in [6.07, 6.45) is 4.90. The van der Waals surface area contributed by atoms with E-state index in [2.05, 4.69) is 19.1 Å². The van der Waals surface area contributed by atoms with Crippen LogP contribution in [0.4, 0.5) is 0 Å². The SMILES string of the molecule is CCC1CCc2ccc(OCC(O)=[N+](C)C)cc2C1. The summed E-state index contributed by atoms with van der Waals surface area (Å²) in [6, 6.07) is 6.32. The largest absolute Gasteiger partial charge is 0.479 e. The Bertz CT molecular complexity index is 476. The van der Waals surface area contributed by atoms with Gasteiger partial charge >= 0.3 is 5.90 Å². The van der Waals surface area contributed by atoms with Crippen molar-refractivity contribution >= 4 is 5.90 Å². The van der Waals surface area contributed by atoms with Crippen molar-refractivity contribution in [1.29, 1.82) is 0 Å². The fourth-order valence-corrected chi connectivity index (χ4v) is 2.52. The molecule has 0 radical (unpaired) electrons. The molecule has 0 spiro atoms. The van der Waals surface area contributed by atoms with E-state index in [4.69, 9.17) is 4.74 Å². The van der Waals surface area contributed by atoms with Crippen molar-refractivity contribution in [1.82, 2.24) is 0 Å². The highest BCUT2D eigenvalue weighted by Gasteiger charge is 2.17. The van der Waals surface area contributed by atoms with Crippen LogP contribution in [0.1, 0.15) is 30.9 Å². The Balaban J connectivity index is 2.06. The van der Waals surface area contributed by atoms with Gasteiger partial charge in [-0.2, -0.15) is 0 Å². The fourth-order valence-electron chi connectivity index (χ4n) is 2.52. The molecule has 19 heavy (non-hydrogen) atoms. The molecule has 104 valence electrons. The van der Waals surface area contributed by atoms with Gasteiger partial charge in [0.25, 0.3) is 0 Å². The predicted octanol–water partition coefficient (Wildman–Crippen LogP) is 2.81. The van der Waals surface area contributed by atoms with Gasteiger partial charge in [0.15, 0.2) is 0 Å². The van der Waals surface area contributed by atoms with Crippen LogP contribution < -0.4 is 4.74 Å². The number of fused-ring (bicyclic) bond motifs is 1. The summed E-state index contributed by atoms with van der Waals surface area (Å²) < 4.78 is 7.29. The monoisotopic (exact) mass is 262 g/mol. The molecule has 0 saturated carbocycles. The van der Waals surface area contributed by atoms with Gasteiger partial charge in [0, 0.05) is 0 Å². The molecule has 3 heteroatoms. The van der Waals surface area contributed by atoms with E-state index in [9.17, 15) is 5.11 Å². The molecule has 0 fully saturated rings. The van der Waals surface area contributed by atoms with E-state index in [1.54, 1.807) is 18.7 Å². The lowest BCUT2D eigenvalue weighted by molar-refractivity contribution is -0.475. The van der Waals surface area contributed by atoms with Crippen molar-refractivity contribution in [3.05, 3.63) is 29.3 Å². The molecular weight excluding hydrogens is 238 g/mol. The molecule has 3 nitrogen and oxygen atoms in total. The first-order chi connectivity index (χ1) is 9.10. The van der Waals surface area contributed by atoms with Crippen molar-refractivity contribution in [2.24, 2.45) is 5.92 Å². The Hall–Kier alpha value is -1.51. The van der Waals surface area contributed by atoms with Crippen LogP contribution in [0.3, 0.4) is 0 Å². The lowest BCUT2D eigenvalue weighted by atomic mass is 9.82. The summed E-state index contributed by atoms with van der Waals surface area (Å²) >= 11 is 0. The standard InChI is InChI=1S/C16H23NO2/c1-4-12-5-6-13-7-8-15(10-14(13)9-12)19-11-16(18)17(2)3/h7-8,10,12H,4-6,9,11H2,1-3H3/p+1. The molecule has 1 aromatic rings. The maximum Gasteiger partial charge on any atom is 0.372 e. The quantitative estimate of drug-likeness (QED) is 0.514. The van der Waals surface area contributed by atoms with Gasteiger partial charge in [-0.05, 0) is 48.4 Å². The van der Waals surface area contributed by atoms with Crippen LogP contribution in [-0.2, 0) is 12.8 Å². The first-order valence-electron chi connectivity index (χ1n) is 7.06. The smallest absolute Gasteiger partial charge is 0.372 e. The molecule has 0 bridgehead atoms. The number of rotatable bonds is 4. The first kappa shape index (κ1) is 13.9. The van der Waals surface area contributed by atoms with Gasteiger partial charge in [-0.25, -0.2) is 4.58 Å². The van der Waals surface area contributed by atoms with Gasteiger partial charge in [0.1, 0.15) is 19.8 Å². The molecule has 1 unspecified atom stereocenters. The van der Waals surface area contributed by atoms with E-state index in [1.165, 1.54) is 30.4 Å². The first-order valence-corrected chi connectivity index (χ1v) is 7.06. The number of ether oxygens (including phenoxy) is 1. The summed E-state index contributed by atoms with van der Waals surface area (Å²) in [5.74, 6) is 1.90. The zero-order valence-electron chi connectivity index (χ0n) is 12.1. The van der Waals surface area contributed by atoms with Gasteiger partial charge in [0.2, 0.25) is 6.61 Å². The van der Waals surface area contributed by atoms with E-state index in [1.807, 2.05) is 6.07 Å². The molecule has 0 aromatic heterocycles. The number of aliphatic hydroxyl groups is 1. The van der Waals surface area contributed by atoms with E-state index in [0.717, 1.165) is 18.1 Å². The van der Waals surface area contributed by atoms with E-state index < -0.39 is 0 Å². The Kier molecular flexibility index (Phi) is 4.46. The average Bonchev–Trinajstić information content (AvgIpc) is 2.43. The van der Waals surface area contributed by atoms with Crippen molar-refractivity contribution < 1.29 is 14.4 Å². The molecule has 2 rings (SSSR count). The molecular formula is C16H24NO2+. The van der Waals surface area contributed by atoms with E-state index >= 15 is 0 Å². The van der Waals surface area contributed by atoms with Gasteiger partial charge in [-0.15, -0.1) is 0 Å². The van der Waals surface area contributed by atoms with E-state index in [0.29, 0.717) is 0 Å². The topological polar surface area (TPSA) is 32.5 Å². The van der Waals surface area contributed by atoms with Gasteiger partial charge in [-0.1, -0.05) is 19.4 Å². The van der Waals surface area contributed by atoms with Crippen LogP contribution in [-0.4, -0.2) is 36.3 Å². The van der Waals surface area contributed by atoms with Crippen LogP contribution in [0.25, 0.3) is 0 Å². The minimum atomic E-state index is 0.225. The highest BCUT2D eigenvalue weighted by molar-refractivity contribution is 5.69. The number of aryl methyl sites for hydroxylation is 1. The average molecular weight is 262 g/mol. The maximum atomic E-state index is 9.62. The fraction of sp³-hybridized carbons (Fsp3) is 0.562. The summed E-state index contributed by atoms with van der Waals surface area (Å²) in [5.41, 5.74) is 2.87. The molecule has 1 aliphatic rings. The van der Waals surface area contributed by atoms with Gasteiger partial charge < -0.3 is 9.84 Å². The molecule has 1 atom stereocenters. The highest BCUT2D eigenvalue weighted by Crippen LogP contribution is 2.30. The summed E-state index contributed by atoms with van der Waals surface area (Å²) in [7, 11) is 3.61. The Morgan fingerprint density at radius 3 is 2.84 bits per heavy atom. The minimum absolute atomic E-state index is 0.225. The number of benzene rings is 1. The lowest BCUT2D eigenvalue weighted by Gasteiger charge is -2.23. The zero-order valence-corrected chi connectivity index (χ0v) is 12.1. The van der Waals surface area contributed by atoms with Crippen molar-refractivity contribution in [2.45, 2.75) is 32.6 Å².